The lowest BCUT2D eigenvalue weighted by Crippen LogP contribution is -1.96. The minimum atomic E-state index is 0.530. The first-order valence-corrected chi connectivity index (χ1v) is 6.98. The molecule has 0 aliphatic carbocycles. The van der Waals surface area contributed by atoms with Crippen LogP contribution in [-0.2, 0) is 6.54 Å². The van der Waals surface area contributed by atoms with Gasteiger partial charge in [0.1, 0.15) is 11.5 Å². The van der Waals surface area contributed by atoms with Crippen LogP contribution in [0.2, 0.25) is 0 Å². The molecular formula is C13H11BrINO. The number of nitrogens with two attached hydrogens (primary N) is 1. The first-order valence-electron chi connectivity index (χ1n) is 5.11. The molecule has 0 spiro atoms. The Kier molecular flexibility index (Phi) is 4.42. The molecule has 0 saturated heterocycles. The highest BCUT2D eigenvalue weighted by atomic mass is 127. The SMILES string of the molecule is NCc1ccc(Oc2ccc(I)cc2)c(Br)c1. The smallest absolute Gasteiger partial charge is 0.141 e. The normalized spacial score (nSPS) is 10.3. The molecule has 0 atom stereocenters. The molecule has 17 heavy (non-hydrogen) atoms. The van der Waals surface area contributed by atoms with Crippen LogP contribution in [0.4, 0.5) is 0 Å². The maximum Gasteiger partial charge on any atom is 0.141 e. The third-order valence-corrected chi connectivity index (χ3v) is 3.61. The van der Waals surface area contributed by atoms with Crippen LogP contribution in [-0.4, -0.2) is 0 Å². The Morgan fingerprint density at radius 1 is 1.12 bits per heavy atom. The third-order valence-electron chi connectivity index (χ3n) is 2.27. The van der Waals surface area contributed by atoms with Crippen molar-refractivity contribution < 1.29 is 4.74 Å². The highest BCUT2D eigenvalue weighted by Crippen LogP contribution is 2.30. The zero-order chi connectivity index (χ0) is 12.3. The van der Waals surface area contributed by atoms with Crippen LogP contribution in [0, 0.1) is 3.57 Å². The van der Waals surface area contributed by atoms with Gasteiger partial charge in [0, 0.05) is 10.1 Å². The van der Waals surface area contributed by atoms with E-state index in [1.54, 1.807) is 0 Å². The van der Waals surface area contributed by atoms with Gasteiger partial charge in [-0.05, 0) is 80.5 Å². The zero-order valence-corrected chi connectivity index (χ0v) is 12.7. The van der Waals surface area contributed by atoms with Crippen LogP contribution in [0.5, 0.6) is 11.5 Å². The van der Waals surface area contributed by atoms with Crippen LogP contribution in [0.3, 0.4) is 0 Å². The van der Waals surface area contributed by atoms with Gasteiger partial charge in [0.05, 0.1) is 4.47 Å². The van der Waals surface area contributed by atoms with Gasteiger partial charge in [-0.15, -0.1) is 0 Å². The number of hydrogen-bond donors (Lipinski definition) is 1. The van der Waals surface area contributed by atoms with E-state index in [1.807, 2.05) is 42.5 Å². The average molecular weight is 404 g/mol. The summed E-state index contributed by atoms with van der Waals surface area (Å²) in [5.41, 5.74) is 6.65. The van der Waals surface area contributed by atoms with Crippen LogP contribution >= 0.6 is 38.5 Å². The van der Waals surface area contributed by atoms with Gasteiger partial charge in [-0.2, -0.15) is 0 Å². The molecule has 2 aromatic carbocycles. The highest BCUT2D eigenvalue weighted by molar-refractivity contribution is 14.1. The van der Waals surface area contributed by atoms with Crippen LogP contribution < -0.4 is 10.5 Å². The fraction of sp³-hybridized carbons (Fsp3) is 0.0769. The molecule has 0 aromatic heterocycles. The molecular weight excluding hydrogens is 393 g/mol. The number of rotatable bonds is 3. The first kappa shape index (κ1) is 12.9. The zero-order valence-electron chi connectivity index (χ0n) is 8.99. The molecule has 2 rings (SSSR count). The molecule has 4 heteroatoms. The molecule has 0 heterocycles. The molecule has 2 N–H and O–H groups in total. The first-order chi connectivity index (χ1) is 8.19. The van der Waals surface area contributed by atoms with Gasteiger partial charge in [-0.1, -0.05) is 6.07 Å². The fourth-order valence-corrected chi connectivity index (χ4v) is 2.25. The Morgan fingerprint density at radius 2 is 1.82 bits per heavy atom. The number of ether oxygens (including phenoxy) is 1. The minimum Gasteiger partial charge on any atom is -0.456 e. The summed E-state index contributed by atoms with van der Waals surface area (Å²) < 4.78 is 7.88. The summed E-state index contributed by atoms with van der Waals surface area (Å²) in [5.74, 6) is 1.62. The van der Waals surface area contributed by atoms with Crippen molar-refractivity contribution in [2.24, 2.45) is 5.73 Å². The van der Waals surface area contributed by atoms with Crippen molar-refractivity contribution >= 4 is 38.5 Å². The Balaban J connectivity index is 2.21. The predicted molar refractivity (Wildman–Crippen MR) is 81.3 cm³/mol. The van der Waals surface area contributed by atoms with Crippen molar-refractivity contribution in [1.82, 2.24) is 0 Å². The lowest BCUT2D eigenvalue weighted by molar-refractivity contribution is 0.479. The summed E-state index contributed by atoms with van der Waals surface area (Å²) >= 11 is 5.74. The summed E-state index contributed by atoms with van der Waals surface area (Å²) in [6, 6.07) is 13.8. The lowest BCUT2D eigenvalue weighted by Gasteiger charge is -2.08. The van der Waals surface area contributed by atoms with Crippen molar-refractivity contribution in [3.63, 3.8) is 0 Å². The van der Waals surface area contributed by atoms with E-state index < -0.39 is 0 Å². The summed E-state index contributed by atoms with van der Waals surface area (Å²) in [6.07, 6.45) is 0. The molecule has 0 unspecified atom stereocenters. The minimum absolute atomic E-state index is 0.530. The molecule has 0 aliphatic heterocycles. The molecule has 0 radical (unpaired) electrons. The largest absolute Gasteiger partial charge is 0.456 e. The van der Waals surface area contributed by atoms with Crippen LogP contribution in [0.15, 0.2) is 46.9 Å². The highest BCUT2D eigenvalue weighted by Gasteiger charge is 2.03. The van der Waals surface area contributed by atoms with E-state index >= 15 is 0 Å². The topological polar surface area (TPSA) is 35.2 Å². The summed E-state index contributed by atoms with van der Waals surface area (Å²) in [6.45, 7) is 0.530. The van der Waals surface area contributed by atoms with Crippen molar-refractivity contribution in [2.45, 2.75) is 6.54 Å². The van der Waals surface area contributed by atoms with E-state index in [2.05, 4.69) is 38.5 Å². The molecule has 0 saturated carbocycles. The predicted octanol–water partition coefficient (Wildman–Crippen LogP) is 4.30. The van der Waals surface area contributed by atoms with Crippen molar-refractivity contribution in [1.29, 1.82) is 0 Å². The second-order valence-corrected chi connectivity index (χ2v) is 5.62. The van der Waals surface area contributed by atoms with E-state index in [-0.39, 0.29) is 0 Å². The summed E-state index contributed by atoms with van der Waals surface area (Å²) in [7, 11) is 0. The van der Waals surface area contributed by atoms with E-state index in [0.717, 1.165) is 21.5 Å². The Labute approximate surface area is 122 Å². The average Bonchev–Trinajstić information content (AvgIpc) is 2.34. The van der Waals surface area contributed by atoms with Gasteiger partial charge in [0.2, 0.25) is 0 Å². The molecule has 2 nitrogen and oxygen atoms in total. The van der Waals surface area contributed by atoms with Gasteiger partial charge in [-0.3, -0.25) is 0 Å². The monoisotopic (exact) mass is 403 g/mol. The maximum absolute atomic E-state index is 5.77. The second-order valence-electron chi connectivity index (χ2n) is 3.52. The van der Waals surface area contributed by atoms with Gasteiger partial charge < -0.3 is 10.5 Å². The molecule has 0 amide bonds. The Hall–Kier alpha value is -0.590. The number of benzene rings is 2. The van der Waals surface area contributed by atoms with Crippen molar-refractivity contribution in [2.75, 3.05) is 0 Å². The van der Waals surface area contributed by atoms with E-state index in [4.69, 9.17) is 10.5 Å². The Bertz CT molecular complexity index is 513. The van der Waals surface area contributed by atoms with Gasteiger partial charge >= 0.3 is 0 Å². The Morgan fingerprint density at radius 3 is 2.41 bits per heavy atom. The van der Waals surface area contributed by atoms with Gasteiger partial charge in [0.25, 0.3) is 0 Å². The van der Waals surface area contributed by atoms with E-state index in [0.29, 0.717) is 6.54 Å². The van der Waals surface area contributed by atoms with Crippen LogP contribution in [0.25, 0.3) is 0 Å². The van der Waals surface area contributed by atoms with E-state index in [1.165, 1.54) is 3.57 Å². The van der Waals surface area contributed by atoms with Gasteiger partial charge in [-0.25, -0.2) is 0 Å². The lowest BCUT2D eigenvalue weighted by atomic mass is 10.2. The second kappa shape index (κ2) is 5.84. The third kappa shape index (κ3) is 3.43. The molecule has 2 aromatic rings. The maximum atomic E-state index is 5.77. The summed E-state index contributed by atoms with van der Waals surface area (Å²) in [4.78, 5) is 0. The van der Waals surface area contributed by atoms with Crippen molar-refractivity contribution in [3.8, 4) is 11.5 Å². The number of halogens is 2. The molecule has 0 bridgehead atoms. The van der Waals surface area contributed by atoms with Crippen LogP contribution in [0.1, 0.15) is 5.56 Å². The molecule has 0 aliphatic rings. The fourth-order valence-electron chi connectivity index (χ4n) is 1.38. The molecule has 88 valence electrons. The number of hydrogen-bond acceptors (Lipinski definition) is 2. The van der Waals surface area contributed by atoms with Gasteiger partial charge in [0.15, 0.2) is 0 Å². The molecule has 0 fully saturated rings. The summed E-state index contributed by atoms with van der Waals surface area (Å²) in [5, 5.41) is 0. The van der Waals surface area contributed by atoms with Crippen molar-refractivity contribution in [3.05, 3.63) is 56.1 Å². The van der Waals surface area contributed by atoms with E-state index in [9.17, 15) is 0 Å². The quantitative estimate of drug-likeness (QED) is 0.775. The standard InChI is InChI=1S/C13H11BrINO/c14-12-7-9(8-16)1-6-13(12)17-11-4-2-10(15)3-5-11/h1-7H,8,16H2.